The number of ether oxygens (including phenoxy) is 4. The Morgan fingerprint density at radius 1 is 0.298 bits per heavy atom. The molecule has 8 fully saturated rings. The molecule has 0 N–H and O–H groups in total. The molecule has 8 aliphatic heterocycles. The maximum absolute atomic E-state index is 12.7. The first kappa shape index (κ1) is 82.6. The molecule has 8 heterocycles. The second kappa shape index (κ2) is 32.8. The van der Waals surface area contributed by atoms with E-state index < -0.39 is 97.7 Å². The lowest BCUT2D eigenvalue weighted by molar-refractivity contribution is -0.128. The normalized spacial score (nSPS) is 22.4. The monoisotopic (exact) mass is 1690 g/mol. The highest BCUT2D eigenvalue weighted by atomic mass is 79.9. The molecule has 0 saturated carbocycles. The molecule has 560 valence electrons. The van der Waals surface area contributed by atoms with E-state index in [0.717, 1.165) is 59.7 Å². The largest absolute Gasteiger partial charge is 0.466 e. The zero-order chi connectivity index (χ0) is 76.5. The summed E-state index contributed by atoms with van der Waals surface area (Å²) in [6, 6.07) is 30.9. The van der Waals surface area contributed by atoms with Gasteiger partial charge in [0.2, 0.25) is 23.6 Å². The predicted molar refractivity (Wildman–Crippen MR) is 403 cm³/mol. The van der Waals surface area contributed by atoms with Gasteiger partial charge in [0, 0.05) is 66.8 Å². The van der Waals surface area contributed by atoms with Crippen LogP contribution < -0.4 is 0 Å². The first-order valence-corrected chi connectivity index (χ1v) is 37.9. The van der Waals surface area contributed by atoms with Crippen molar-refractivity contribution in [1.82, 2.24) is 19.6 Å². The minimum Gasteiger partial charge on any atom is -0.447 e. The summed E-state index contributed by atoms with van der Waals surface area (Å²) in [6.45, 7) is 33.7. The summed E-state index contributed by atoms with van der Waals surface area (Å²) >= 11 is 13.7. The van der Waals surface area contributed by atoms with E-state index in [-0.39, 0.29) is 125 Å². The van der Waals surface area contributed by atoms with E-state index >= 15 is 0 Å². The van der Waals surface area contributed by atoms with Crippen molar-refractivity contribution in [3.05, 3.63) is 137 Å². The lowest BCUT2D eigenvalue weighted by Gasteiger charge is -2.32. The average Bonchev–Trinajstić information content (AvgIpc) is 1.64. The number of hydrogen-bond donors (Lipinski definition) is 0. The molecule has 8 saturated heterocycles. The van der Waals surface area contributed by atoms with Gasteiger partial charge in [-0.1, -0.05) is 112 Å². The Kier molecular flexibility index (Phi) is 26.0. The molecule has 32 heteroatoms. The molecule has 4 aromatic carbocycles. The molecule has 0 unspecified atom stereocenters. The van der Waals surface area contributed by atoms with E-state index in [9.17, 15) is 38.4 Å². The van der Waals surface area contributed by atoms with Crippen molar-refractivity contribution in [3.8, 4) is 0 Å². The number of nitrogens with zero attached hydrogens (tertiary/aromatic N) is 4. The van der Waals surface area contributed by atoms with Gasteiger partial charge in [-0.05, 0) is 182 Å². The van der Waals surface area contributed by atoms with Gasteiger partial charge in [-0.15, -0.1) is 0 Å². The van der Waals surface area contributed by atoms with Gasteiger partial charge >= 0.3 is 52.8 Å². The van der Waals surface area contributed by atoms with E-state index in [1.54, 1.807) is 0 Å². The van der Waals surface area contributed by atoms with Gasteiger partial charge in [0.15, 0.2) is 0 Å². The highest BCUT2D eigenvalue weighted by molar-refractivity contribution is 9.11. The number of carbonyl (C=O) groups excluding carboxylic acids is 8. The Morgan fingerprint density at radius 3 is 0.567 bits per heavy atom. The van der Waals surface area contributed by atoms with Crippen LogP contribution in [0.5, 0.6) is 0 Å². The molecular weight excluding hydrogens is 1600 g/mol. The average molecular weight is 1700 g/mol. The van der Waals surface area contributed by atoms with E-state index in [2.05, 4.69) is 63.7 Å². The number of benzene rings is 4. The standard InChI is InChI=1S/4C18H23BBrNO5/c4*1-17(2)18(3,4)26-19(25-17)14(12-5-7-13(20)8-6-12)11-15(22)21-9-10-24-16(21)23/h4*5-8,14H,9-11H2,1-4H3/t4*14-/m0000/s1. The van der Waals surface area contributed by atoms with E-state index in [1.807, 2.05) is 208 Å². The fourth-order valence-corrected chi connectivity index (χ4v) is 13.3. The van der Waals surface area contributed by atoms with Crippen LogP contribution in [0.25, 0.3) is 0 Å². The molecule has 4 aromatic rings. The fraction of sp³-hybridized carbons (Fsp3) is 0.556. The molecule has 0 radical (unpaired) electrons. The summed E-state index contributed by atoms with van der Waals surface area (Å²) in [5.41, 5.74) is -0.298. The molecule has 0 spiro atoms. The number of hydrogen-bond acceptors (Lipinski definition) is 20. The van der Waals surface area contributed by atoms with Crippen molar-refractivity contribution in [2.45, 2.75) is 205 Å². The Hall–Kier alpha value is -5.50. The van der Waals surface area contributed by atoms with Crippen LogP contribution in [-0.4, -0.2) is 193 Å². The second-order valence-electron chi connectivity index (χ2n) is 30.6. The molecule has 8 amide bonds. The maximum atomic E-state index is 12.7. The van der Waals surface area contributed by atoms with Crippen LogP contribution in [0.1, 0.15) is 182 Å². The first-order chi connectivity index (χ1) is 48.4. The van der Waals surface area contributed by atoms with Gasteiger partial charge in [-0.3, -0.25) is 19.2 Å². The van der Waals surface area contributed by atoms with Gasteiger partial charge < -0.3 is 56.2 Å². The highest BCUT2D eigenvalue weighted by Crippen LogP contribution is 2.47. The van der Waals surface area contributed by atoms with Crippen LogP contribution in [0.3, 0.4) is 0 Å². The summed E-state index contributed by atoms with van der Waals surface area (Å²) in [5.74, 6) is -2.44. The molecule has 0 aliphatic carbocycles. The molecule has 12 rings (SSSR count). The van der Waals surface area contributed by atoms with Crippen LogP contribution >= 0.6 is 63.7 Å². The maximum Gasteiger partial charge on any atom is 0.466 e. The number of rotatable bonds is 16. The Morgan fingerprint density at radius 2 is 0.442 bits per heavy atom. The molecule has 8 aliphatic rings. The van der Waals surface area contributed by atoms with Crippen LogP contribution in [0, 0.1) is 0 Å². The Balaban J connectivity index is 0.000000161. The zero-order valence-electron chi connectivity index (χ0n) is 61.8. The van der Waals surface area contributed by atoms with Crippen LogP contribution in [0.15, 0.2) is 115 Å². The van der Waals surface area contributed by atoms with Crippen molar-refractivity contribution >= 4 is 140 Å². The van der Waals surface area contributed by atoms with Crippen molar-refractivity contribution in [3.63, 3.8) is 0 Å². The molecule has 24 nitrogen and oxygen atoms in total. The molecule has 0 bridgehead atoms. The van der Waals surface area contributed by atoms with Gasteiger partial charge in [0.25, 0.3) is 0 Å². The summed E-state index contributed by atoms with van der Waals surface area (Å²) in [4.78, 5) is 102. The Labute approximate surface area is 644 Å². The molecular formula is C72H92B4Br4N4O20. The number of cyclic esters (lactones) is 4. The second-order valence-corrected chi connectivity index (χ2v) is 34.2. The van der Waals surface area contributed by atoms with Crippen molar-refractivity contribution in [2.75, 3.05) is 52.6 Å². The topological polar surface area (TPSA) is 260 Å². The van der Waals surface area contributed by atoms with Crippen molar-refractivity contribution in [2.24, 2.45) is 0 Å². The van der Waals surface area contributed by atoms with Crippen molar-refractivity contribution < 1.29 is 94.5 Å². The minimum atomic E-state index is -0.585. The Bertz CT molecular complexity index is 3250. The SMILES string of the molecule is CC1(C)OB([C@@H](CC(=O)N2CCOC2=O)c2ccc(Br)cc2)OC1(C)C.CC1(C)OB([C@@H](CC(=O)N2CCOC2=O)c2ccc(Br)cc2)OC1(C)C.CC1(C)OB([C@@H](CC(=O)N2CCOC2=O)c2ccc(Br)cc2)OC1(C)C.CC1(C)OB([C@@H](CC(=O)N2CCOC2=O)c2ccc(Br)cc2)OC1(C)C. The quantitative estimate of drug-likeness (QED) is 0.0745. The summed E-state index contributed by atoms with van der Waals surface area (Å²) in [6.07, 6.45) is -1.92. The summed E-state index contributed by atoms with van der Waals surface area (Å²) in [7, 11) is -2.32. The van der Waals surface area contributed by atoms with Gasteiger partial charge in [-0.25, -0.2) is 38.8 Å². The van der Waals surface area contributed by atoms with E-state index in [0.29, 0.717) is 0 Å². The third kappa shape index (κ3) is 19.1. The number of amides is 8. The third-order valence-electron chi connectivity index (χ3n) is 21.4. The van der Waals surface area contributed by atoms with Gasteiger partial charge in [0.1, 0.15) is 26.4 Å². The smallest absolute Gasteiger partial charge is 0.447 e. The predicted octanol–water partition coefficient (Wildman–Crippen LogP) is 14.1. The molecule has 104 heavy (non-hydrogen) atoms. The molecule has 0 aromatic heterocycles. The van der Waals surface area contributed by atoms with Gasteiger partial charge in [0.05, 0.1) is 71.0 Å². The number of carbonyl (C=O) groups is 8. The summed E-state index contributed by atoms with van der Waals surface area (Å²) < 4.78 is 72.7. The third-order valence-corrected chi connectivity index (χ3v) is 23.5. The van der Waals surface area contributed by atoms with Crippen LogP contribution in [0.4, 0.5) is 19.2 Å². The fourth-order valence-electron chi connectivity index (χ4n) is 12.2. The minimum absolute atomic E-state index is 0.105. The van der Waals surface area contributed by atoms with E-state index in [1.165, 1.54) is 0 Å². The summed E-state index contributed by atoms with van der Waals surface area (Å²) in [5, 5.41) is 0. The molecule has 4 atom stereocenters. The van der Waals surface area contributed by atoms with Gasteiger partial charge in [-0.2, -0.15) is 0 Å². The van der Waals surface area contributed by atoms with Crippen molar-refractivity contribution in [1.29, 1.82) is 0 Å². The van der Waals surface area contributed by atoms with E-state index in [4.69, 9.17) is 56.2 Å². The van der Waals surface area contributed by atoms with Crippen LogP contribution in [-0.2, 0) is 75.4 Å². The lowest BCUT2D eigenvalue weighted by Crippen LogP contribution is -2.41. The zero-order valence-corrected chi connectivity index (χ0v) is 68.2. The lowest BCUT2D eigenvalue weighted by atomic mass is 9.66. The van der Waals surface area contributed by atoms with Crippen LogP contribution in [0.2, 0.25) is 0 Å². The first-order valence-electron chi connectivity index (χ1n) is 34.8. The number of halogens is 4. The number of imide groups is 4. The highest BCUT2D eigenvalue weighted by Gasteiger charge is 2.59.